The van der Waals surface area contributed by atoms with Crippen molar-refractivity contribution >= 4 is 23.4 Å². The van der Waals surface area contributed by atoms with Crippen LogP contribution in [0, 0.1) is 0 Å². The summed E-state index contributed by atoms with van der Waals surface area (Å²) in [6.07, 6.45) is -0.416. The molecule has 0 radical (unpaired) electrons. The Hall–Kier alpha value is -3.78. The fraction of sp³-hybridized carbons (Fsp3) is 0.192. The molecular weight excluding hydrogens is 448 g/mol. The number of benzene rings is 3. The summed E-state index contributed by atoms with van der Waals surface area (Å²) < 4.78 is 13.5. The normalized spacial score (nSPS) is 11.6. The maximum absolute atomic E-state index is 12.8. The molecule has 0 aliphatic heterocycles. The van der Waals surface area contributed by atoms with Crippen LogP contribution in [-0.4, -0.2) is 40.6 Å². The van der Waals surface area contributed by atoms with E-state index in [0.29, 0.717) is 22.5 Å². The Morgan fingerprint density at radius 1 is 0.941 bits per heavy atom. The lowest BCUT2D eigenvalue weighted by Crippen LogP contribution is -2.28. The topological polar surface area (TPSA) is 69.5 Å². The van der Waals surface area contributed by atoms with Crippen molar-refractivity contribution in [1.29, 1.82) is 0 Å². The van der Waals surface area contributed by atoms with E-state index in [9.17, 15) is 4.79 Å². The quantitative estimate of drug-likeness (QED) is 0.312. The van der Waals surface area contributed by atoms with Crippen molar-refractivity contribution in [2.45, 2.75) is 18.2 Å². The zero-order valence-electron chi connectivity index (χ0n) is 19.3. The number of aromatic nitrogens is 3. The van der Waals surface area contributed by atoms with Gasteiger partial charge in [0, 0.05) is 18.4 Å². The minimum Gasteiger partial charge on any atom is -0.493 e. The average molecular weight is 475 g/mol. The van der Waals surface area contributed by atoms with E-state index in [1.807, 2.05) is 96.4 Å². The molecule has 1 aromatic heterocycles. The molecule has 34 heavy (non-hydrogen) atoms. The Morgan fingerprint density at radius 3 is 2.24 bits per heavy atom. The van der Waals surface area contributed by atoms with Crippen molar-refractivity contribution in [2.75, 3.05) is 24.8 Å². The molecule has 0 aliphatic carbocycles. The van der Waals surface area contributed by atoms with E-state index in [0.717, 1.165) is 11.4 Å². The largest absolute Gasteiger partial charge is 0.493 e. The zero-order valence-corrected chi connectivity index (χ0v) is 20.1. The monoisotopic (exact) mass is 474 g/mol. The zero-order chi connectivity index (χ0) is 23.9. The highest BCUT2D eigenvalue weighted by Gasteiger charge is 2.23. The molecule has 1 heterocycles. The molecule has 174 valence electrons. The van der Waals surface area contributed by atoms with Crippen LogP contribution in [-0.2, 0) is 4.79 Å². The van der Waals surface area contributed by atoms with E-state index in [1.165, 1.54) is 11.8 Å². The summed E-state index contributed by atoms with van der Waals surface area (Å²) in [4.78, 5) is 14.5. The molecule has 3 aromatic carbocycles. The fourth-order valence-electron chi connectivity index (χ4n) is 3.44. The van der Waals surface area contributed by atoms with Gasteiger partial charge in [0.2, 0.25) is 5.91 Å². The van der Waals surface area contributed by atoms with Gasteiger partial charge in [0.05, 0.1) is 12.9 Å². The first-order chi connectivity index (χ1) is 16.6. The summed E-state index contributed by atoms with van der Waals surface area (Å²) in [6.45, 7) is 1.92. The molecule has 8 heteroatoms. The van der Waals surface area contributed by atoms with E-state index < -0.39 is 6.10 Å². The van der Waals surface area contributed by atoms with Crippen molar-refractivity contribution in [3.8, 4) is 17.2 Å². The van der Waals surface area contributed by atoms with Crippen LogP contribution >= 0.6 is 11.8 Å². The molecule has 1 unspecified atom stereocenters. The third-order valence-electron chi connectivity index (χ3n) is 5.25. The lowest BCUT2D eigenvalue weighted by Gasteiger charge is -2.19. The van der Waals surface area contributed by atoms with Gasteiger partial charge in [0.15, 0.2) is 28.6 Å². The van der Waals surface area contributed by atoms with Gasteiger partial charge in [-0.3, -0.25) is 9.36 Å². The number of carbonyl (C=O) groups is 1. The minimum atomic E-state index is -0.416. The van der Waals surface area contributed by atoms with Gasteiger partial charge in [0.25, 0.3) is 0 Å². The highest BCUT2D eigenvalue weighted by molar-refractivity contribution is 7.99. The van der Waals surface area contributed by atoms with Gasteiger partial charge in [-0.2, -0.15) is 0 Å². The van der Waals surface area contributed by atoms with Crippen molar-refractivity contribution < 1.29 is 14.3 Å². The van der Waals surface area contributed by atoms with Gasteiger partial charge in [-0.05, 0) is 43.3 Å². The minimum absolute atomic E-state index is 0.0290. The third kappa shape index (κ3) is 5.23. The number of thioether (sulfide) groups is 1. The highest BCUT2D eigenvalue weighted by Crippen LogP contribution is 2.32. The summed E-state index contributed by atoms with van der Waals surface area (Å²) in [6, 6.07) is 26.9. The SMILES string of the molecule is COc1ccccc1OC(C)c1nnc(SCC(=O)N(C)c2ccccc2)n1-c1ccccc1. The number of para-hydroxylation sites is 4. The number of hydrogen-bond acceptors (Lipinski definition) is 6. The number of nitrogens with zero attached hydrogens (tertiary/aromatic N) is 4. The predicted molar refractivity (Wildman–Crippen MR) is 134 cm³/mol. The van der Waals surface area contributed by atoms with Crippen molar-refractivity contribution in [2.24, 2.45) is 0 Å². The van der Waals surface area contributed by atoms with Crippen LogP contribution in [0.2, 0.25) is 0 Å². The second-order valence-corrected chi connectivity index (χ2v) is 8.44. The van der Waals surface area contributed by atoms with Crippen LogP contribution in [0.15, 0.2) is 90.1 Å². The molecule has 4 rings (SSSR count). The van der Waals surface area contributed by atoms with Gasteiger partial charge >= 0.3 is 0 Å². The number of amides is 1. The summed E-state index contributed by atoms with van der Waals surface area (Å²) in [5, 5.41) is 9.44. The molecule has 0 saturated heterocycles. The van der Waals surface area contributed by atoms with E-state index in [2.05, 4.69) is 10.2 Å². The van der Waals surface area contributed by atoms with Gasteiger partial charge < -0.3 is 14.4 Å². The summed E-state index contributed by atoms with van der Waals surface area (Å²) >= 11 is 1.34. The molecule has 0 spiro atoms. The van der Waals surface area contributed by atoms with Crippen molar-refractivity contribution in [1.82, 2.24) is 14.8 Å². The van der Waals surface area contributed by atoms with Crippen LogP contribution in [0.4, 0.5) is 5.69 Å². The second-order valence-electron chi connectivity index (χ2n) is 7.50. The van der Waals surface area contributed by atoms with Gasteiger partial charge in [-0.1, -0.05) is 60.3 Å². The van der Waals surface area contributed by atoms with Gasteiger partial charge in [-0.25, -0.2) is 0 Å². The molecule has 0 N–H and O–H groups in total. The standard InChI is InChI=1S/C26H26N4O3S/c1-19(33-23-17-11-10-16-22(23)32-3)25-27-28-26(30(25)21-14-8-5-9-15-21)34-18-24(31)29(2)20-12-6-4-7-13-20/h4-17,19H,18H2,1-3H3. The number of rotatable bonds is 9. The van der Waals surface area contributed by atoms with E-state index in [-0.39, 0.29) is 11.7 Å². The van der Waals surface area contributed by atoms with Gasteiger partial charge in [0.1, 0.15) is 0 Å². The second kappa shape index (κ2) is 10.9. The van der Waals surface area contributed by atoms with Crippen LogP contribution < -0.4 is 14.4 Å². The Labute approximate surface area is 203 Å². The Bertz CT molecular complexity index is 1230. The molecule has 0 fully saturated rings. The van der Waals surface area contributed by atoms with E-state index in [1.54, 1.807) is 19.1 Å². The fourth-order valence-corrected chi connectivity index (χ4v) is 4.31. The molecule has 7 nitrogen and oxygen atoms in total. The lowest BCUT2D eigenvalue weighted by atomic mass is 10.3. The maximum Gasteiger partial charge on any atom is 0.237 e. The number of ether oxygens (including phenoxy) is 2. The summed E-state index contributed by atoms with van der Waals surface area (Å²) in [5.74, 6) is 2.08. The predicted octanol–water partition coefficient (Wildman–Crippen LogP) is 5.17. The van der Waals surface area contributed by atoms with Crippen LogP contribution in [0.3, 0.4) is 0 Å². The summed E-state index contributed by atoms with van der Waals surface area (Å²) in [5.41, 5.74) is 1.74. The molecule has 4 aromatic rings. The summed E-state index contributed by atoms with van der Waals surface area (Å²) in [7, 11) is 3.38. The van der Waals surface area contributed by atoms with Crippen LogP contribution in [0.25, 0.3) is 5.69 Å². The molecule has 1 atom stereocenters. The number of anilines is 1. The number of hydrogen-bond donors (Lipinski definition) is 0. The van der Waals surface area contributed by atoms with E-state index in [4.69, 9.17) is 9.47 Å². The third-order valence-corrected chi connectivity index (χ3v) is 6.17. The maximum atomic E-state index is 12.8. The molecule has 0 aliphatic rings. The first-order valence-corrected chi connectivity index (χ1v) is 11.8. The first kappa shape index (κ1) is 23.4. The van der Waals surface area contributed by atoms with Crippen LogP contribution in [0.1, 0.15) is 18.9 Å². The Morgan fingerprint density at radius 2 is 1.56 bits per heavy atom. The molecule has 0 saturated carbocycles. The van der Waals surface area contributed by atoms with Gasteiger partial charge in [-0.15, -0.1) is 10.2 Å². The number of carbonyl (C=O) groups excluding carboxylic acids is 1. The van der Waals surface area contributed by atoms with E-state index >= 15 is 0 Å². The lowest BCUT2D eigenvalue weighted by molar-refractivity contribution is -0.115. The molecule has 1 amide bonds. The Kier molecular flexibility index (Phi) is 7.49. The average Bonchev–Trinajstić information content (AvgIpc) is 3.32. The number of methoxy groups -OCH3 is 1. The first-order valence-electron chi connectivity index (χ1n) is 10.8. The smallest absolute Gasteiger partial charge is 0.237 e. The van der Waals surface area contributed by atoms with Crippen molar-refractivity contribution in [3.63, 3.8) is 0 Å². The van der Waals surface area contributed by atoms with Crippen molar-refractivity contribution in [3.05, 3.63) is 90.8 Å². The molecular formula is C26H26N4O3S. The van der Waals surface area contributed by atoms with Crippen LogP contribution in [0.5, 0.6) is 11.5 Å². The Balaban J connectivity index is 1.58. The molecule has 0 bridgehead atoms. The highest BCUT2D eigenvalue weighted by atomic mass is 32.2.